The van der Waals surface area contributed by atoms with Crippen LogP contribution in [0.4, 0.5) is 0 Å². The lowest BCUT2D eigenvalue weighted by molar-refractivity contribution is -0.136. The summed E-state index contributed by atoms with van der Waals surface area (Å²) in [4.78, 5) is 18.9. The lowest BCUT2D eigenvalue weighted by atomic mass is 10.1. The summed E-state index contributed by atoms with van der Waals surface area (Å²) in [6, 6.07) is 0.333. The van der Waals surface area contributed by atoms with Gasteiger partial charge in [-0.15, -0.1) is 0 Å². The molecule has 112 valence electrons. The Hall–Kier alpha value is -0.650. The molecule has 1 N–H and O–H groups in total. The average molecular weight is 270 g/mol. The second-order valence-corrected chi connectivity index (χ2v) is 5.95. The van der Waals surface area contributed by atoms with E-state index in [4.69, 9.17) is 0 Å². The van der Waals surface area contributed by atoms with Gasteiger partial charge in [-0.3, -0.25) is 9.69 Å². The molecule has 1 fully saturated rings. The van der Waals surface area contributed by atoms with Gasteiger partial charge < -0.3 is 15.1 Å². The summed E-state index contributed by atoms with van der Waals surface area (Å²) in [6.07, 6.45) is 3.18. The zero-order chi connectivity index (χ0) is 14.4. The number of rotatable bonds is 6. The fourth-order valence-electron chi connectivity index (χ4n) is 2.49. The highest BCUT2D eigenvalue weighted by Crippen LogP contribution is 2.18. The van der Waals surface area contributed by atoms with Crippen molar-refractivity contribution in [2.75, 3.05) is 47.9 Å². The van der Waals surface area contributed by atoms with E-state index in [-0.39, 0.29) is 11.9 Å². The first-order chi connectivity index (χ1) is 8.95. The maximum atomic E-state index is 12.5. The van der Waals surface area contributed by atoms with E-state index in [0.717, 1.165) is 39.0 Å². The SMILES string of the molecule is CNC1CCCC(C)N(CN(C)CCN(C)C)C1=O. The van der Waals surface area contributed by atoms with Crippen molar-refractivity contribution in [1.82, 2.24) is 20.0 Å². The molecule has 0 aliphatic carbocycles. The Morgan fingerprint density at radius 1 is 1.26 bits per heavy atom. The number of carbonyl (C=O) groups excluding carboxylic acids is 1. The van der Waals surface area contributed by atoms with Crippen LogP contribution in [0.25, 0.3) is 0 Å². The van der Waals surface area contributed by atoms with E-state index >= 15 is 0 Å². The molecule has 1 saturated heterocycles. The molecule has 5 heteroatoms. The van der Waals surface area contributed by atoms with E-state index in [9.17, 15) is 4.79 Å². The van der Waals surface area contributed by atoms with E-state index in [0.29, 0.717) is 6.04 Å². The van der Waals surface area contributed by atoms with Crippen LogP contribution in [0, 0.1) is 0 Å². The predicted octanol–water partition coefficient (Wildman–Crippen LogP) is 0.426. The fourth-order valence-corrected chi connectivity index (χ4v) is 2.49. The molecule has 19 heavy (non-hydrogen) atoms. The molecule has 1 heterocycles. The van der Waals surface area contributed by atoms with Crippen molar-refractivity contribution in [1.29, 1.82) is 0 Å². The van der Waals surface area contributed by atoms with Gasteiger partial charge in [-0.25, -0.2) is 0 Å². The van der Waals surface area contributed by atoms with Crippen LogP contribution in [0.5, 0.6) is 0 Å². The number of hydrogen-bond acceptors (Lipinski definition) is 4. The van der Waals surface area contributed by atoms with Crippen LogP contribution in [0.2, 0.25) is 0 Å². The third-order valence-electron chi connectivity index (χ3n) is 3.90. The molecular formula is C14H30N4O. The van der Waals surface area contributed by atoms with Crippen molar-refractivity contribution in [2.24, 2.45) is 0 Å². The maximum absolute atomic E-state index is 12.5. The minimum Gasteiger partial charge on any atom is -0.326 e. The monoisotopic (exact) mass is 270 g/mol. The van der Waals surface area contributed by atoms with Gasteiger partial charge in [-0.05, 0) is 54.4 Å². The Kier molecular flexibility index (Phi) is 6.75. The van der Waals surface area contributed by atoms with Gasteiger partial charge in [0.25, 0.3) is 0 Å². The molecular weight excluding hydrogens is 240 g/mol. The number of nitrogens with zero attached hydrogens (tertiary/aromatic N) is 3. The smallest absolute Gasteiger partial charge is 0.240 e. The molecule has 0 aromatic rings. The van der Waals surface area contributed by atoms with Crippen molar-refractivity contribution in [3.8, 4) is 0 Å². The topological polar surface area (TPSA) is 38.8 Å². The molecule has 0 aromatic heterocycles. The number of amides is 1. The molecule has 1 aliphatic heterocycles. The van der Waals surface area contributed by atoms with Crippen LogP contribution in [0.3, 0.4) is 0 Å². The Labute approximate surface area is 117 Å². The van der Waals surface area contributed by atoms with Gasteiger partial charge in [-0.2, -0.15) is 0 Å². The van der Waals surface area contributed by atoms with Crippen molar-refractivity contribution in [3.63, 3.8) is 0 Å². The van der Waals surface area contributed by atoms with E-state index in [1.807, 2.05) is 11.9 Å². The normalized spacial score (nSPS) is 25.2. The number of hydrogen-bond donors (Lipinski definition) is 1. The number of nitrogens with one attached hydrogen (secondary N) is 1. The molecule has 1 amide bonds. The zero-order valence-corrected chi connectivity index (χ0v) is 13.1. The van der Waals surface area contributed by atoms with Crippen LogP contribution in [-0.4, -0.2) is 80.6 Å². The first-order valence-corrected chi connectivity index (χ1v) is 7.26. The summed E-state index contributed by atoms with van der Waals surface area (Å²) in [5, 5.41) is 3.15. The number of carbonyl (C=O) groups is 1. The van der Waals surface area contributed by atoms with Crippen LogP contribution in [-0.2, 0) is 4.79 Å². The van der Waals surface area contributed by atoms with Crippen molar-refractivity contribution < 1.29 is 4.79 Å². The highest BCUT2D eigenvalue weighted by Gasteiger charge is 2.30. The summed E-state index contributed by atoms with van der Waals surface area (Å²) in [7, 11) is 8.12. The van der Waals surface area contributed by atoms with Gasteiger partial charge in [0.15, 0.2) is 0 Å². The van der Waals surface area contributed by atoms with Gasteiger partial charge in [-0.1, -0.05) is 0 Å². The molecule has 5 nitrogen and oxygen atoms in total. The molecule has 0 aromatic carbocycles. The quantitative estimate of drug-likeness (QED) is 0.759. The Bertz CT molecular complexity index is 283. The van der Waals surface area contributed by atoms with Gasteiger partial charge in [0.1, 0.15) is 0 Å². The minimum atomic E-state index is -0.00722. The third-order valence-corrected chi connectivity index (χ3v) is 3.90. The van der Waals surface area contributed by atoms with Gasteiger partial charge >= 0.3 is 0 Å². The lowest BCUT2D eigenvalue weighted by Gasteiger charge is -2.33. The molecule has 0 saturated carbocycles. The van der Waals surface area contributed by atoms with Crippen molar-refractivity contribution >= 4 is 5.91 Å². The highest BCUT2D eigenvalue weighted by molar-refractivity contribution is 5.82. The number of likely N-dealkylation sites (N-methyl/N-ethyl adjacent to an activating group) is 3. The zero-order valence-electron chi connectivity index (χ0n) is 13.1. The molecule has 0 radical (unpaired) electrons. The molecule has 0 spiro atoms. The summed E-state index contributed by atoms with van der Waals surface area (Å²) in [5.74, 6) is 0.254. The van der Waals surface area contributed by atoms with E-state index < -0.39 is 0 Å². The number of likely N-dealkylation sites (tertiary alicyclic amines) is 1. The molecule has 1 rings (SSSR count). The standard InChI is InChI=1S/C14H30N4O/c1-12-7-6-8-13(15-2)14(19)18(12)11-17(5)10-9-16(3)4/h12-13,15H,6-11H2,1-5H3. The Balaban J connectivity index is 2.58. The summed E-state index contributed by atoms with van der Waals surface area (Å²) in [5.41, 5.74) is 0. The Morgan fingerprint density at radius 2 is 1.95 bits per heavy atom. The predicted molar refractivity (Wildman–Crippen MR) is 79.1 cm³/mol. The summed E-state index contributed by atoms with van der Waals surface area (Å²) < 4.78 is 0. The van der Waals surface area contributed by atoms with E-state index in [1.54, 1.807) is 0 Å². The average Bonchev–Trinajstić information content (AvgIpc) is 2.49. The summed E-state index contributed by atoms with van der Waals surface area (Å²) >= 11 is 0. The molecule has 1 aliphatic rings. The first-order valence-electron chi connectivity index (χ1n) is 7.26. The molecule has 2 unspecified atom stereocenters. The van der Waals surface area contributed by atoms with Crippen molar-refractivity contribution in [2.45, 2.75) is 38.3 Å². The second-order valence-electron chi connectivity index (χ2n) is 5.95. The van der Waals surface area contributed by atoms with Gasteiger partial charge in [0.05, 0.1) is 12.7 Å². The highest BCUT2D eigenvalue weighted by atomic mass is 16.2. The van der Waals surface area contributed by atoms with Crippen LogP contribution < -0.4 is 5.32 Å². The van der Waals surface area contributed by atoms with Gasteiger partial charge in [0, 0.05) is 19.1 Å². The summed E-state index contributed by atoms with van der Waals surface area (Å²) in [6.45, 7) is 4.89. The molecule has 2 atom stereocenters. The Morgan fingerprint density at radius 3 is 2.53 bits per heavy atom. The first kappa shape index (κ1) is 16.4. The second kappa shape index (κ2) is 7.82. The van der Waals surface area contributed by atoms with Crippen LogP contribution >= 0.6 is 0 Å². The van der Waals surface area contributed by atoms with Crippen LogP contribution in [0.1, 0.15) is 26.2 Å². The van der Waals surface area contributed by atoms with Crippen molar-refractivity contribution in [3.05, 3.63) is 0 Å². The van der Waals surface area contributed by atoms with E-state index in [1.165, 1.54) is 0 Å². The molecule has 0 bridgehead atoms. The van der Waals surface area contributed by atoms with E-state index in [2.05, 4.69) is 43.2 Å². The van der Waals surface area contributed by atoms with Crippen LogP contribution in [0.15, 0.2) is 0 Å². The largest absolute Gasteiger partial charge is 0.326 e. The lowest BCUT2D eigenvalue weighted by Crippen LogP contribution is -2.51. The minimum absolute atomic E-state index is 0.00722. The maximum Gasteiger partial charge on any atom is 0.240 e. The van der Waals surface area contributed by atoms with Gasteiger partial charge in [0.2, 0.25) is 5.91 Å². The third kappa shape index (κ3) is 5.09. The fraction of sp³-hybridized carbons (Fsp3) is 0.929.